The van der Waals surface area contributed by atoms with Crippen molar-refractivity contribution in [1.82, 2.24) is 18.1 Å². The van der Waals surface area contributed by atoms with E-state index in [1.54, 1.807) is 0 Å². The van der Waals surface area contributed by atoms with Gasteiger partial charge >= 0.3 is 142 Å². The minimum atomic E-state index is -0.812. The van der Waals surface area contributed by atoms with E-state index in [1.807, 2.05) is 24.1 Å². The molecule has 144 valence electrons. The molecule has 1 saturated heterocycles. The Morgan fingerprint density at radius 3 is 1.42 bits per heavy atom. The zero-order valence-corrected chi connectivity index (χ0v) is 19.0. The molecule has 0 bridgehead atoms. The first-order chi connectivity index (χ1) is 9.99. The smallest absolute Gasteiger partial charge is 1.00 e. The molecule has 1 heterocycles. The van der Waals surface area contributed by atoms with Crippen LogP contribution in [0, 0.1) is 0 Å². The Kier molecular flexibility index (Phi) is 22.3. The van der Waals surface area contributed by atoms with Gasteiger partial charge in [-0.05, 0) is 0 Å². The molecule has 1 atom stereocenters. The van der Waals surface area contributed by atoms with E-state index >= 15 is 0 Å². The van der Waals surface area contributed by atoms with E-state index < -0.39 is 6.30 Å². The molecular weight excluding hydrogens is 409 g/mol. The third-order valence-corrected chi connectivity index (χ3v) is 4.97. The number of rotatable bonds is 0. The Balaban J connectivity index is -0.00000147. The molecule has 0 radical (unpaired) electrons. The maximum atomic E-state index is 14.1. The second kappa shape index (κ2) is 17.8. The fourth-order valence-corrected chi connectivity index (χ4v) is 3.14. The molecule has 1 fully saturated rings. The summed E-state index contributed by atoms with van der Waals surface area (Å²) in [5, 5.41) is 0. The van der Waals surface area contributed by atoms with Crippen LogP contribution >= 0.6 is 0 Å². The largest absolute Gasteiger partial charge is 1.00 e. The van der Waals surface area contributed by atoms with E-state index in [0.29, 0.717) is 6.42 Å². The normalized spacial score (nSPS) is 25.2. The van der Waals surface area contributed by atoms with Gasteiger partial charge in [-0.15, -0.1) is 0 Å². The number of nitrogens with zero attached hydrogens (tertiary/aromatic N) is 4. The van der Waals surface area contributed by atoms with Gasteiger partial charge in [-0.25, -0.2) is 0 Å². The average Bonchev–Trinajstić information content (AvgIpc) is 2.43. The van der Waals surface area contributed by atoms with Crippen molar-refractivity contribution in [2.24, 2.45) is 0 Å². The molecule has 0 aromatic rings. The first-order valence-electron chi connectivity index (χ1n) is 8.16. The summed E-state index contributed by atoms with van der Waals surface area (Å²) in [6.45, 7) is 7.23. The molecule has 0 aromatic carbocycles. The van der Waals surface area contributed by atoms with Crippen LogP contribution in [0.1, 0.15) is 25.7 Å². The number of halogens is 4. The predicted octanol–water partition coefficient (Wildman–Crippen LogP) is -7.57. The van der Waals surface area contributed by atoms with Gasteiger partial charge in [0.15, 0.2) is 0 Å². The summed E-state index contributed by atoms with van der Waals surface area (Å²) >= 11 is 1.91. The van der Waals surface area contributed by atoms with Gasteiger partial charge in [0.1, 0.15) is 0 Å². The van der Waals surface area contributed by atoms with Crippen molar-refractivity contribution < 1.29 is 62.3 Å². The van der Waals surface area contributed by atoms with Crippen molar-refractivity contribution >= 4 is 0 Å². The summed E-state index contributed by atoms with van der Waals surface area (Å²) in [4.78, 5) is 7.04. The molecule has 9 heteroatoms. The first-order valence-corrected chi connectivity index (χ1v) is 8.86. The van der Waals surface area contributed by atoms with Gasteiger partial charge in [-0.2, -0.15) is 0 Å². The molecule has 24 heavy (non-hydrogen) atoms. The minimum Gasteiger partial charge on any atom is -1.00 e. The van der Waals surface area contributed by atoms with Gasteiger partial charge in [-0.3, -0.25) is 0 Å². The Morgan fingerprint density at radius 1 is 0.667 bits per heavy atom. The van der Waals surface area contributed by atoms with Crippen molar-refractivity contribution in [3.63, 3.8) is 0 Å². The average molecular weight is 442 g/mol. The Hall–Kier alpha value is 1.35. The second-order valence-corrected chi connectivity index (χ2v) is 7.28. The Bertz CT molecular complexity index is 283. The molecule has 1 aliphatic heterocycles. The van der Waals surface area contributed by atoms with Crippen molar-refractivity contribution in [3.8, 4) is 0 Å². The number of hydrogen-bond acceptors (Lipinski definition) is 4. The molecule has 4 nitrogen and oxygen atoms in total. The maximum absolute atomic E-state index is 14.1. The van der Waals surface area contributed by atoms with Gasteiger partial charge in [0.05, 0.1) is 0 Å². The summed E-state index contributed by atoms with van der Waals surface area (Å²) < 4.78 is 16.0. The number of alkyl halides is 1. The molecule has 0 aromatic heterocycles. The topological polar surface area (TPSA) is 13.0 Å². The van der Waals surface area contributed by atoms with Crippen LogP contribution in [0.5, 0.6) is 0 Å². The number of hydrogen-bond donors (Lipinski definition) is 0. The van der Waals surface area contributed by atoms with Gasteiger partial charge in [-0.1, -0.05) is 0 Å². The first kappa shape index (κ1) is 30.1. The van der Waals surface area contributed by atoms with Crippen molar-refractivity contribution in [3.05, 3.63) is 0 Å². The Morgan fingerprint density at radius 2 is 1.00 bits per heavy atom. The van der Waals surface area contributed by atoms with E-state index in [2.05, 4.69) is 35.8 Å². The van der Waals surface area contributed by atoms with Crippen LogP contribution in [-0.4, -0.2) is 91.3 Å². The van der Waals surface area contributed by atoms with Crippen LogP contribution in [0.15, 0.2) is 0 Å². The molecule has 0 saturated carbocycles. The van der Waals surface area contributed by atoms with Gasteiger partial charge < -0.3 is 37.2 Å². The third kappa shape index (κ3) is 14.5. The van der Waals surface area contributed by atoms with Crippen molar-refractivity contribution in [2.75, 3.05) is 67.0 Å². The predicted molar refractivity (Wildman–Crippen MR) is 82.6 cm³/mol. The maximum Gasteiger partial charge on any atom is -1.00 e. The zero-order valence-electron chi connectivity index (χ0n) is 15.2. The molecule has 0 N–H and O–H groups in total. The van der Waals surface area contributed by atoms with Gasteiger partial charge in [0.2, 0.25) is 0 Å². The molecule has 0 spiro atoms. The summed E-state index contributed by atoms with van der Waals surface area (Å²) in [5.41, 5.74) is 0. The summed E-state index contributed by atoms with van der Waals surface area (Å²) in [6, 6.07) is 0. The van der Waals surface area contributed by atoms with Crippen LogP contribution in [-0.2, 0) is 20.7 Å². The van der Waals surface area contributed by atoms with Crippen molar-refractivity contribution in [1.29, 1.82) is 0 Å². The fraction of sp³-hybridized carbons (Fsp3) is 1.00. The van der Waals surface area contributed by atoms with Crippen LogP contribution in [0.25, 0.3) is 0 Å². The minimum absolute atomic E-state index is 0. The zero-order chi connectivity index (χ0) is 15.7. The summed E-state index contributed by atoms with van der Waals surface area (Å²) in [6.07, 6.45) is 3.21. The van der Waals surface area contributed by atoms with Crippen LogP contribution in [0.2, 0.25) is 0 Å². The molecule has 0 aliphatic carbocycles. The van der Waals surface area contributed by atoms with Gasteiger partial charge in [0.25, 0.3) is 0 Å². The van der Waals surface area contributed by atoms with Gasteiger partial charge in [0, 0.05) is 0 Å². The standard InChI is InChI=1S/C15H32FN4.3ClH.Ti/c1-18-9-4-8-17-15(16)7-14-20(3)13-6-12-19(2)11-5-10-18;;;;/h15H,4-14H2,1-3H3;3*1H;/q-1;;;;+4/p-3. The second-order valence-electron chi connectivity index (χ2n) is 6.39. The quantitative estimate of drug-likeness (QED) is 0.274. The molecule has 1 unspecified atom stereocenters. The van der Waals surface area contributed by atoms with Crippen LogP contribution in [0.4, 0.5) is 4.39 Å². The van der Waals surface area contributed by atoms with E-state index in [-0.39, 0.29) is 37.2 Å². The molecular formula is C15H32Cl3FN4Ti. The summed E-state index contributed by atoms with van der Waals surface area (Å²) in [5.74, 6) is 0. The Labute approximate surface area is 178 Å². The van der Waals surface area contributed by atoms with E-state index in [0.717, 1.165) is 52.1 Å². The molecule has 1 aliphatic rings. The van der Waals surface area contributed by atoms with E-state index in [4.69, 9.17) is 0 Å². The fourth-order valence-electron chi connectivity index (χ4n) is 2.69. The monoisotopic (exact) mass is 440 g/mol. The van der Waals surface area contributed by atoms with E-state index in [9.17, 15) is 4.39 Å². The molecule has 0 amide bonds. The molecule has 1 rings (SSSR count). The SMILES string of the molecule is CN1CCCN(C)CCC[N]([Ti+3])C(F)CCN(C)CCC1.[Cl-].[Cl-].[Cl-]. The van der Waals surface area contributed by atoms with Crippen molar-refractivity contribution in [2.45, 2.75) is 32.0 Å². The van der Waals surface area contributed by atoms with E-state index in [1.165, 1.54) is 13.0 Å². The summed E-state index contributed by atoms with van der Waals surface area (Å²) in [7, 11) is 6.48. The van der Waals surface area contributed by atoms with Crippen LogP contribution < -0.4 is 37.2 Å². The van der Waals surface area contributed by atoms with Crippen LogP contribution in [0.3, 0.4) is 0 Å². The third-order valence-electron chi connectivity index (χ3n) is 4.19.